The van der Waals surface area contributed by atoms with Gasteiger partial charge in [-0.2, -0.15) is 0 Å². The molecule has 0 atom stereocenters. The molecule has 5 nitrogen and oxygen atoms in total. The van der Waals surface area contributed by atoms with Crippen LogP contribution < -0.4 is 4.74 Å². The summed E-state index contributed by atoms with van der Waals surface area (Å²) in [6.45, 7) is 0.123. The van der Waals surface area contributed by atoms with Crippen LogP contribution in [0.3, 0.4) is 0 Å². The molecule has 0 amide bonds. The van der Waals surface area contributed by atoms with Crippen molar-refractivity contribution < 1.29 is 9.84 Å². The van der Waals surface area contributed by atoms with Crippen LogP contribution in [-0.2, 0) is 20.3 Å². The molecule has 90 valence electrons. The number of hydrogen-bond acceptors (Lipinski definition) is 4. The van der Waals surface area contributed by atoms with Crippen molar-refractivity contribution in [3.63, 3.8) is 0 Å². The highest BCUT2D eigenvalue weighted by molar-refractivity contribution is 6.31. The molecule has 17 heavy (non-hydrogen) atoms. The number of ether oxygens (including phenoxy) is 1. The molecule has 6 heteroatoms. The molecule has 1 N–H and O–H groups in total. The summed E-state index contributed by atoms with van der Waals surface area (Å²) in [5.74, 6) is 1.26. The first-order valence-electron chi connectivity index (χ1n) is 5.06. The fraction of sp³-hybridized carbons (Fsp3) is 0.273. The Kier molecular flexibility index (Phi) is 3.61. The Labute approximate surface area is 104 Å². The maximum atomic E-state index is 9.21. The highest BCUT2D eigenvalue weighted by Gasteiger charge is 2.08. The molecular weight excluding hydrogens is 242 g/mol. The third-order valence-corrected chi connectivity index (χ3v) is 2.75. The smallest absolute Gasteiger partial charge is 0.170 e. The average Bonchev–Trinajstić information content (AvgIpc) is 2.72. The number of nitrogens with zero attached hydrogens (tertiary/aromatic N) is 3. The maximum absolute atomic E-state index is 9.21. The number of aromatic nitrogens is 3. The van der Waals surface area contributed by atoms with Gasteiger partial charge in [-0.25, -0.2) is 0 Å². The molecule has 0 aliphatic heterocycles. The van der Waals surface area contributed by atoms with E-state index in [1.165, 1.54) is 0 Å². The van der Waals surface area contributed by atoms with Gasteiger partial charge in [0.2, 0.25) is 0 Å². The fourth-order valence-corrected chi connectivity index (χ4v) is 1.63. The van der Waals surface area contributed by atoms with E-state index in [1.807, 2.05) is 7.05 Å². The summed E-state index contributed by atoms with van der Waals surface area (Å²) in [6.07, 6.45) is 1.60. The van der Waals surface area contributed by atoms with E-state index in [2.05, 4.69) is 10.2 Å². The monoisotopic (exact) mass is 253 g/mol. The Morgan fingerprint density at radius 2 is 2.29 bits per heavy atom. The predicted molar refractivity (Wildman–Crippen MR) is 62.7 cm³/mol. The first-order valence-corrected chi connectivity index (χ1v) is 5.44. The van der Waals surface area contributed by atoms with Gasteiger partial charge in [0.05, 0.1) is 6.61 Å². The lowest BCUT2D eigenvalue weighted by Crippen LogP contribution is -2.04. The Hall–Kier alpha value is -1.59. The van der Waals surface area contributed by atoms with Gasteiger partial charge in [-0.15, -0.1) is 10.2 Å². The minimum Gasteiger partial charge on any atom is -0.485 e. The summed E-state index contributed by atoms with van der Waals surface area (Å²) < 4.78 is 7.33. The lowest BCUT2D eigenvalue weighted by Gasteiger charge is -2.10. The Balaban J connectivity index is 2.14. The number of halogens is 1. The van der Waals surface area contributed by atoms with E-state index in [4.69, 9.17) is 16.3 Å². The molecule has 0 radical (unpaired) electrons. The van der Waals surface area contributed by atoms with Crippen LogP contribution in [0.4, 0.5) is 0 Å². The van der Waals surface area contributed by atoms with Crippen LogP contribution in [0.5, 0.6) is 5.75 Å². The highest BCUT2D eigenvalue weighted by Crippen LogP contribution is 2.26. The van der Waals surface area contributed by atoms with Crippen LogP contribution in [-0.4, -0.2) is 19.9 Å². The standard InChI is InChI=1S/C11H12ClN3O2/c1-15-7-13-14-11(15)6-17-10-4-2-3-9(12)8(10)5-16/h2-4,7,16H,5-6H2,1H3. The van der Waals surface area contributed by atoms with E-state index in [-0.39, 0.29) is 13.2 Å². The molecule has 0 unspecified atom stereocenters. The Bertz CT molecular complexity index is 513. The first-order chi connectivity index (χ1) is 8.22. The number of benzene rings is 1. The number of hydrogen-bond donors (Lipinski definition) is 1. The van der Waals surface area contributed by atoms with Crippen molar-refractivity contribution in [1.29, 1.82) is 0 Å². The van der Waals surface area contributed by atoms with Crippen molar-refractivity contribution in [2.45, 2.75) is 13.2 Å². The second kappa shape index (κ2) is 5.16. The Morgan fingerprint density at radius 3 is 2.94 bits per heavy atom. The van der Waals surface area contributed by atoms with Crippen molar-refractivity contribution in [1.82, 2.24) is 14.8 Å². The molecule has 1 aromatic heterocycles. The van der Waals surface area contributed by atoms with Gasteiger partial charge in [0.15, 0.2) is 5.82 Å². The largest absolute Gasteiger partial charge is 0.485 e. The van der Waals surface area contributed by atoms with Gasteiger partial charge in [0.25, 0.3) is 0 Å². The van der Waals surface area contributed by atoms with Gasteiger partial charge in [0.1, 0.15) is 18.7 Å². The SMILES string of the molecule is Cn1cnnc1COc1cccc(Cl)c1CO. The fourth-order valence-electron chi connectivity index (χ4n) is 1.41. The summed E-state index contributed by atoms with van der Waals surface area (Å²) in [5.41, 5.74) is 0.580. The predicted octanol–water partition coefficient (Wildman–Crippen LogP) is 1.54. The van der Waals surface area contributed by atoms with E-state index < -0.39 is 0 Å². The van der Waals surface area contributed by atoms with Crippen molar-refractivity contribution >= 4 is 11.6 Å². The summed E-state index contributed by atoms with van der Waals surface area (Å²) in [4.78, 5) is 0. The summed E-state index contributed by atoms with van der Waals surface area (Å²) in [6, 6.07) is 5.24. The van der Waals surface area contributed by atoms with Gasteiger partial charge < -0.3 is 14.4 Å². The van der Waals surface area contributed by atoms with Crippen molar-refractivity contribution in [3.8, 4) is 5.75 Å². The van der Waals surface area contributed by atoms with E-state index in [0.717, 1.165) is 0 Å². The third-order valence-electron chi connectivity index (χ3n) is 2.40. The number of aliphatic hydroxyl groups excluding tert-OH is 1. The van der Waals surface area contributed by atoms with Crippen molar-refractivity contribution in [3.05, 3.63) is 40.9 Å². The molecule has 0 spiro atoms. The lowest BCUT2D eigenvalue weighted by molar-refractivity contribution is 0.254. The van der Waals surface area contributed by atoms with Crippen molar-refractivity contribution in [2.24, 2.45) is 7.05 Å². The van der Waals surface area contributed by atoms with E-state index in [0.29, 0.717) is 22.2 Å². The molecule has 1 aromatic carbocycles. The van der Waals surface area contributed by atoms with Gasteiger partial charge in [-0.05, 0) is 12.1 Å². The molecule has 0 fully saturated rings. The zero-order valence-corrected chi connectivity index (χ0v) is 10.1. The Morgan fingerprint density at radius 1 is 1.47 bits per heavy atom. The van der Waals surface area contributed by atoms with Crippen LogP contribution in [0.2, 0.25) is 5.02 Å². The molecular formula is C11H12ClN3O2. The minimum absolute atomic E-state index is 0.159. The molecule has 0 bridgehead atoms. The summed E-state index contributed by atoms with van der Waals surface area (Å²) >= 11 is 5.95. The third kappa shape index (κ3) is 2.57. The van der Waals surface area contributed by atoms with Gasteiger partial charge in [0, 0.05) is 17.6 Å². The summed E-state index contributed by atoms with van der Waals surface area (Å²) in [7, 11) is 1.84. The van der Waals surface area contributed by atoms with Gasteiger partial charge in [-0.3, -0.25) is 0 Å². The maximum Gasteiger partial charge on any atom is 0.170 e. The number of aliphatic hydroxyl groups is 1. The number of aryl methyl sites for hydroxylation is 1. The zero-order valence-electron chi connectivity index (χ0n) is 9.30. The van der Waals surface area contributed by atoms with Crippen LogP contribution in [0.15, 0.2) is 24.5 Å². The second-order valence-electron chi connectivity index (χ2n) is 3.52. The molecule has 0 saturated carbocycles. The van der Waals surface area contributed by atoms with Crippen LogP contribution >= 0.6 is 11.6 Å². The molecule has 0 aliphatic rings. The normalized spacial score (nSPS) is 10.5. The van der Waals surface area contributed by atoms with Crippen LogP contribution in [0, 0.1) is 0 Å². The van der Waals surface area contributed by atoms with E-state index in [9.17, 15) is 5.11 Å². The summed E-state index contributed by atoms with van der Waals surface area (Å²) in [5, 5.41) is 17.4. The minimum atomic E-state index is -0.159. The van der Waals surface area contributed by atoms with Crippen molar-refractivity contribution in [2.75, 3.05) is 0 Å². The highest BCUT2D eigenvalue weighted by atomic mass is 35.5. The molecule has 0 aliphatic carbocycles. The second-order valence-corrected chi connectivity index (χ2v) is 3.93. The van der Waals surface area contributed by atoms with Crippen LogP contribution in [0.1, 0.15) is 11.4 Å². The molecule has 1 heterocycles. The molecule has 2 aromatic rings. The zero-order chi connectivity index (χ0) is 12.3. The topological polar surface area (TPSA) is 60.2 Å². The van der Waals surface area contributed by atoms with E-state index >= 15 is 0 Å². The average molecular weight is 254 g/mol. The number of rotatable bonds is 4. The van der Waals surface area contributed by atoms with Gasteiger partial charge >= 0.3 is 0 Å². The lowest BCUT2D eigenvalue weighted by atomic mass is 10.2. The molecule has 0 saturated heterocycles. The quantitative estimate of drug-likeness (QED) is 0.898. The first kappa shape index (κ1) is 11.9. The van der Waals surface area contributed by atoms with Gasteiger partial charge in [-0.1, -0.05) is 17.7 Å². The van der Waals surface area contributed by atoms with E-state index in [1.54, 1.807) is 29.1 Å². The molecule has 2 rings (SSSR count). The van der Waals surface area contributed by atoms with Crippen LogP contribution in [0.25, 0.3) is 0 Å².